The molecule has 0 bridgehead atoms. The highest BCUT2D eigenvalue weighted by molar-refractivity contribution is 7.17. The number of benzene rings is 1. The SMILES string of the molecule is COC(=O)c1cnc2c(c1)-c1ccc3sccc3c1CC2O. The zero-order valence-corrected chi connectivity index (χ0v) is 12.7. The first kappa shape index (κ1) is 13.4. The van der Waals surface area contributed by atoms with Gasteiger partial charge in [0.1, 0.15) is 6.10 Å². The Balaban J connectivity index is 1.99. The number of aliphatic hydroxyl groups is 1. The van der Waals surface area contributed by atoms with Gasteiger partial charge in [0.25, 0.3) is 0 Å². The zero-order chi connectivity index (χ0) is 15.3. The summed E-state index contributed by atoms with van der Waals surface area (Å²) in [6.07, 6.45) is 1.35. The topological polar surface area (TPSA) is 59.4 Å². The van der Waals surface area contributed by atoms with E-state index in [1.165, 1.54) is 18.0 Å². The normalized spacial score (nSPS) is 16.2. The Labute approximate surface area is 131 Å². The number of fused-ring (bicyclic) bond motifs is 5. The number of hydrogen-bond donors (Lipinski definition) is 1. The minimum atomic E-state index is -0.653. The molecule has 4 rings (SSSR count). The lowest BCUT2D eigenvalue weighted by Crippen LogP contribution is -2.14. The molecule has 22 heavy (non-hydrogen) atoms. The van der Waals surface area contributed by atoms with Gasteiger partial charge < -0.3 is 9.84 Å². The van der Waals surface area contributed by atoms with Crippen LogP contribution >= 0.6 is 11.3 Å². The highest BCUT2D eigenvalue weighted by atomic mass is 32.1. The van der Waals surface area contributed by atoms with Crippen LogP contribution < -0.4 is 0 Å². The van der Waals surface area contributed by atoms with Gasteiger partial charge in [-0.05, 0) is 40.1 Å². The number of ether oxygens (including phenoxy) is 1. The van der Waals surface area contributed by atoms with Crippen molar-refractivity contribution in [3.63, 3.8) is 0 Å². The van der Waals surface area contributed by atoms with Gasteiger partial charge in [-0.15, -0.1) is 11.3 Å². The molecule has 2 aromatic heterocycles. The molecule has 1 N–H and O–H groups in total. The Kier molecular flexibility index (Phi) is 2.99. The molecule has 5 heteroatoms. The summed E-state index contributed by atoms with van der Waals surface area (Å²) in [6.45, 7) is 0. The molecule has 2 heterocycles. The summed E-state index contributed by atoms with van der Waals surface area (Å²) >= 11 is 1.68. The van der Waals surface area contributed by atoms with Crippen LogP contribution in [-0.2, 0) is 11.2 Å². The summed E-state index contributed by atoms with van der Waals surface area (Å²) in [5, 5.41) is 13.6. The fraction of sp³-hybridized carbons (Fsp3) is 0.176. The van der Waals surface area contributed by atoms with Crippen molar-refractivity contribution in [1.29, 1.82) is 0 Å². The van der Waals surface area contributed by atoms with Crippen molar-refractivity contribution < 1.29 is 14.6 Å². The molecule has 4 nitrogen and oxygen atoms in total. The maximum absolute atomic E-state index is 11.7. The number of carbonyl (C=O) groups is 1. The monoisotopic (exact) mass is 311 g/mol. The van der Waals surface area contributed by atoms with Crippen molar-refractivity contribution in [1.82, 2.24) is 4.98 Å². The lowest BCUT2D eigenvalue weighted by Gasteiger charge is -2.24. The van der Waals surface area contributed by atoms with Crippen molar-refractivity contribution in [2.24, 2.45) is 0 Å². The van der Waals surface area contributed by atoms with Crippen LogP contribution in [0.4, 0.5) is 0 Å². The first-order chi connectivity index (χ1) is 10.7. The summed E-state index contributed by atoms with van der Waals surface area (Å²) in [5.41, 5.74) is 3.97. The highest BCUT2D eigenvalue weighted by Crippen LogP contribution is 2.42. The second-order valence-corrected chi connectivity index (χ2v) is 6.24. The Hall–Kier alpha value is -2.24. The second-order valence-electron chi connectivity index (χ2n) is 5.29. The molecule has 0 fully saturated rings. The lowest BCUT2D eigenvalue weighted by molar-refractivity contribution is 0.0600. The summed E-state index contributed by atoms with van der Waals surface area (Å²) in [5.74, 6) is -0.423. The third-order valence-electron chi connectivity index (χ3n) is 4.09. The van der Waals surface area contributed by atoms with Gasteiger partial charge in [-0.1, -0.05) is 6.07 Å². The van der Waals surface area contributed by atoms with Crippen LogP contribution in [-0.4, -0.2) is 23.2 Å². The summed E-state index contributed by atoms with van der Waals surface area (Å²) < 4.78 is 5.96. The molecule has 1 unspecified atom stereocenters. The maximum Gasteiger partial charge on any atom is 0.339 e. The number of esters is 1. The van der Waals surface area contributed by atoms with Gasteiger partial charge in [-0.2, -0.15) is 0 Å². The van der Waals surface area contributed by atoms with E-state index >= 15 is 0 Å². The number of rotatable bonds is 1. The first-order valence-corrected chi connectivity index (χ1v) is 7.83. The molecule has 0 radical (unpaired) electrons. The van der Waals surface area contributed by atoms with Gasteiger partial charge in [-0.25, -0.2) is 4.79 Å². The fourth-order valence-corrected chi connectivity index (χ4v) is 3.87. The number of pyridine rings is 1. The predicted molar refractivity (Wildman–Crippen MR) is 85.1 cm³/mol. The molecule has 0 spiro atoms. The molecule has 1 aromatic carbocycles. The fourth-order valence-electron chi connectivity index (χ4n) is 3.05. The van der Waals surface area contributed by atoms with E-state index in [2.05, 4.69) is 22.5 Å². The molecule has 0 amide bonds. The van der Waals surface area contributed by atoms with E-state index in [4.69, 9.17) is 4.74 Å². The number of hydrogen-bond acceptors (Lipinski definition) is 5. The van der Waals surface area contributed by atoms with Crippen molar-refractivity contribution in [2.45, 2.75) is 12.5 Å². The van der Waals surface area contributed by atoms with E-state index in [0.717, 1.165) is 22.1 Å². The quantitative estimate of drug-likeness (QED) is 0.700. The molecule has 1 aliphatic carbocycles. The van der Waals surface area contributed by atoms with E-state index < -0.39 is 12.1 Å². The molecule has 0 saturated heterocycles. The Morgan fingerprint density at radius 1 is 1.36 bits per heavy atom. The highest BCUT2D eigenvalue weighted by Gasteiger charge is 2.27. The van der Waals surface area contributed by atoms with E-state index in [1.807, 2.05) is 6.07 Å². The molecule has 1 aliphatic rings. The second kappa shape index (κ2) is 4.90. The van der Waals surface area contributed by atoms with Crippen LogP contribution in [0.25, 0.3) is 21.2 Å². The number of methoxy groups -OCH3 is 1. The van der Waals surface area contributed by atoms with Crippen LogP contribution in [0.3, 0.4) is 0 Å². The molecule has 110 valence electrons. The zero-order valence-electron chi connectivity index (χ0n) is 11.9. The van der Waals surface area contributed by atoms with E-state index in [1.54, 1.807) is 17.4 Å². The molecular weight excluding hydrogens is 298 g/mol. The number of aliphatic hydroxyl groups excluding tert-OH is 1. The Morgan fingerprint density at radius 2 is 2.23 bits per heavy atom. The van der Waals surface area contributed by atoms with Gasteiger partial charge in [0.2, 0.25) is 0 Å². The largest absolute Gasteiger partial charge is 0.465 e. The average Bonchev–Trinajstić information content (AvgIpc) is 3.03. The van der Waals surface area contributed by atoms with Crippen LogP contribution in [0.5, 0.6) is 0 Å². The number of aromatic nitrogens is 1. The van der Waals surface area contributed by atoms with Crippen molar-refractivity contribution in [3.8, 4) is 11.1 Å². The van der Waals surface area contributed by atoms with Crippen LogP contribution in [0.15, 0.2) is 35.8 Å². The summed E-state index contributed by atoms with van der Waals surface area (Å²) in [6, 6.07) is 7.95. The third kappa shape index (κ3) is 1.86. The number of nitrogens with zero attached hydrogens (tertiary/aromatic N) is 1. The van der Waals surface area contributed by atoms with Gasteiger partial charge >= 0.3 is 5.97 Å². The predicted octanol–water partition coefficient (Wildman–Crippen LogP) is 3.34. The molecule has 1 atom stereocenters. The molecule has 0 saturated carbocycles. The van der Waals surface area contributed by atoms with Gasteiger partial charge in [0, 0.05) is 22.9 Å². The molecule has 0 aliphatic heterocycles. The Morgan fingerprint density at radius 3 is 3.05 bits per heavy atom. The van der Waals surface area contributed by atoms with Crippen LogP contribution in [0.2, 0.25) is 0 Å². The summed E-state index contributed by atoms with van der Waals surface area (Å²) in [7, 11) is 1.35. The summed E-state index contributed by atoms with van der Waals surface area (Å²) in [4.78, 5) is 16.0. The minimum absolute atomic E-state index is 0.395. The average molecular weight is 311 g/mol. The van der Waals surface area contributed by atoms with Gasteiger partial charge in [-0.3, -0.25) is 4.98 Å². The lowest BCUT2D eigenvalue weighted by atomic mass is 9.85. The van der Waals surface area contributed by atoms with E-state index in [-0.39, 0.29) is 0 Å². The van der Waals surface area contributed by atoms with Crippen LogP contribution in [0, 0.1) is 0 Å². The maximum atomic E-state index is 11.7. The molecular formula is C17H13NO3S. The number of thiophene rings is 1. The third-order valence-corrected chi connectivity index (χ3v) is 4.97. The first-order valence-electron chi connectivity index (χ1n) is 6.95. The van der Waals surface area contributed by atoms with Gasteiger partial charge in [0.05, 0.1) is 18.4 Å². The van der Waals surface area contributed by atoms with E-state index in [0.29, 0.717) is 17.7 Å². The standard InChI is InChI=1S/C17H13NO3S/c1-21-17(20)9-6-13-10-2-3-15-11(4-5-22-15)12(10)7-14(19)16(13)18-8-9/h2-6,8,14,19H,7H2,1H3. The number of carbonyl (C=O) groups excluding carboxylic acids is 1. The van der Waals surface area contributed by atoms with Crippen molar-refractivity contribution in [3.05, 3.63) is 52.7 Å². The Bertz CT molecular complexity index is 900. The molecule has 3 aromatic rings. The van der Waals surface area contributed by atoms with Gasteiger partial charge in [0.15, 0.2) is 0 Å². The minimum Gasteiger partial charge on any atom is -0.465 e. The van der Waals surface area contributed by atoms with Crippen molar-refractivity contribution >= 4 is 27.4 Å². The smallest absolute Gasteiger partial charge is 0.339 e. The van der Waals surface area contributed by atoms with Crippen molar-refractivity contribution in [2.75, 3.05) is 7.11 Å². The van der Waals surface area contributed by atoms with E-state index in [9.17, 15) is 9.90 Å². The van der Waals surface area contributed by atoms with Crippen LogP contribution in [0.1, 0.15) is 27.7 Å².